The predicted molar refractivity (Wildman–Crippen MR) is 483 cm³/mol. The Kier molecular flexibility index (Phi) is 38.3. The molecule has 0 unspecified atom stereocenters. The van der Waals surface area contributed by atoms with Crippen molar-refractivity contribution in [3.8, 4) is 5.75 Å². The second-order valence-corrected chi connectivity index (χ2v) is 34.9. The number of fused-ring (bicyclic) bond motifs is 5. The van der Waals surface area contributed by atoms with E-state index in [1.165, 1.54) is 46.7 Å². The summed E-state index contributed by atoms with van der Waals surface area (Å²) in [5.41, 5.74) is 27.2. The number of benzene rings is 3. The number of ether oxygens (including phenoxy) is 1. The summed E-state index contributed by atoms with van der Waals surface area (Å²) < 4.78 is 6.82. The van der Waals surface area contributed by atoms with Gasteiger partial charge in [0.15, 0.2) is 0 Å². The van der Waals surface area contributed by atoms with E-state index in [-0.39, 0.29) is 109 Å². The number of hydrogen-bond donors (Lipinski definition) is 17. The zero-order valence-corrected chi connectivity index (χ0v) is 76.0. The van der Waals surface area contributed by atoms with Crippen LogP contribution in [0.3, 0.4) is 0 Å². The molecule has 4 aliphatic heterocycles. The zero-order chi connectivity index (χ0) is 96.3. The van der Waals surface area contributed by atoms with Gasteiger partial charge in [-0.1, -0.05) is 102 Å². The van der Waals surface area contributed by atoms with Crippen LogP contribution >= 0.6 is 0 Å². The Morgan fingerprint density at radius 1 is 0.515 bits per heavy atom. The Labute approximate surface area is 765 Å². The number of carboxylic acid groups (broad SMARTS) is 2. The van der Waals surface area contributed by atoms with Crippen molar-refractivity contribution in [1.29, 1.82) is 0 Å². The highest BCUT2D eigenvalue weighted by atomic mass is 16.5. The van der Waals surface area contributed by atoms with E-state index in [4.69, 9.17) is 27.7 Å². The van der Waals surface area contributed by atoms with Gasteiger partial charge in [-0.3, -0.25) is 81.5 Å². The first-order chi connectivity index (χ1) is 63.0. The molecule has 4 saturated heterocycles. The fourth-order valence-electron chi connectivity index (χ4n) is 17.6. The molecule has 4 fully saturated rings. The number of nitrogens with one attached hydrogen (secondary N) is 10. The summed E-state index contributed by atoms with van der Waals surface area (Å²) in [5.74, 6) is -15.8. The van der Waals surface area contributed by atoms with E-state index < -0.39 is 237 Å². The van der Waals surface area contributed by atoms with E-state index in [1.807, 2.05) is 27.7 Å². The van der Waals surface area contributed by atoms with Gasteiger partial charge in [0.2, 0.25) is 88.6 Å². The Balaban J connectivity index is 1.09. The van der Waals surface area contributed by atoms with Crippen LogP contribution in [0.5, 0.6) is 5.75 Å². The number of methoxy groups -OCH3 is 1. The third-order valence-corrected chi connectivity index (χ3v) is 24.7. The van der Waals surface area contributed by atoms with E-state index in [0.717, 1.165) is 9.80 Å². The van der Waals surface area contributed by atoms with Gasteiger partial charge in [-0.2, -0.15) is 0 Å². The van der Waals surface area contributed by atoms with E-state index in [1.54, 1.807) is 79.0 Å². The minimum atomic E-state index is -1.83. The summed E-state index contributed by atoms with van der Waals surface area (Å²) in [5, 5.41) is 57.0. The topological polar surface area (TPSA) is 609 Å². The number of aromatic amines is 1. The highest BCUT2D eigenvalue weighted by Crippen LogP contribution is 2.30. The molecule has 41 nitrogen and oxygen atoms in total. The number of aliphatic hydroxyl groups excluding tert-OH is 1. The van der Waals surface area contributed by atoms with Crippen LogP contribution in [0.2, 0.25) is 0 Å². The minimum absolute atomic E-state index is 0.0122. The standard InChI is InChI=1S/C91H130N20O21/c1-8-10-24-70-83(123)100-63(40-51(3)4)79(119)96-37-18-22-59(94)78(118)102-65(41-52-29-31-56(132-7)32-30-52)89(129)109-38-17-16-27-71(109)84(124)104-67(45-75(95)113)90(130)110-39-19-28-72(110)85(125)105-68(46-93)82(122)99-62(33-34-76(114)115)88(128)111-49-55(112)44-74(111)86(126)101-64(42-53-47-97-60-23-14-12-20-57(53)60)81(121)98-61(35-36-92)80(120)103-66(87(127)107(6)73(25-11-9-2)91(131)106(70)5)43-54-48-108(50-77(116)117)69-26-15-13-21-58(54)69/h12-15,20-21,23,26,29-32,47-48,51,55,59,61-68,70-74,97,112H,8-11,16-19,22,24-25,27-28,33-46,49-50,92-94H2,1-7H3,(H2,95,113)(H,96,119)(H,98,121)(H,99,122)(H,100,123)(H,101,126)(H,102,118)(H,103,120)(H,104,124)(H,105,125)(H,114,115)(H,116,117)/t55-,59-,61+,62+,63+,64+,65+,66+,67+,68+,70+,71+,72+,73+,74+/m1/s1. The molecular weight excluding hydrogens is 1710 g/mol. The molecule has 2 aromatic heterocycles. The molecule has 6 heterocycles. The lowest BCUT2D eigenvalue weighted by Crippen LogP contribution is -2.62. The molecule has 15 amide bonds. The van der Waals surface area contributed by atoms with Crippen molar-refractivity contribution in [2.45, 2.75) is 266 Å². The summed E-state index contributed by atoms with van der Waals surface area (Å²) in [6.45, 7) is 5.19. The number of rotatable bonds is 25. The molecule has 0 aliphatic carbocycles. The number of carboxylic acids is 2. The second-order valence-electron chi connectivity index (χ2n) is 34.9. The van der Waals surface area contributed by atoms with Crippen molar-refractivity contribution in [3.63, 3.8) is 0 Å². The molecule has 41 heteroatoms. The van der Waals surface area contributed by atoms with E-state index in [0.29, 0.717) is 82.8 Å². The number of amides is 15. The number of H-pyrrole nitrogens is 1. The van der Waals surface area contributed by atoms with Gasteiger partial charge in [0, 0.05) is 113 Å². The molecule has 9 rings (SSSR count). The summed E-state index contributed by atoms with van der Waals surface area (Å²) in [6.07, 6.45) is 0.990. The molecule has 4 aliphatic rings. The van der Waals surface area contributed by atoms with Crippen LogP contribution in [-0.2, 0) is 107 Å². The fraction of sp³-hybridized carbons (Fsp3) is 0.571. The molecule has 720 valence electrons. The molecule has 0 saturated carbocycles. The molecular formula is C91H130N20O21. The molecule has 132 heavy (non-hydrogen) atoms. The number of aliphatic carboxylic acids is 2. The highest BCUT2D eigenvalue weighted by Gasteiger charge is 2.47. The lowest BCUT2D eigenvalue weighted by atomic mass is 9.97. The molecule has 5 aromatic rings. The summed E-state index contributed by atoms with van der Waals surface area (Å²) in [6, 6.07) is -0.659. The molecule has 21 N–H and O–H groups in total. The number of hydrogen-bond acceptors (Lipinski definition) is 22. The van der Waals surface area contributed by atoms with E-state index >= 15 is 38.4 Å². The highest BCUT2D eigenvalue weighted by molar-refractivity contribution is 6.02. The molecule has 3 aromatic carbocycles. The Bertz CT molecular complexity index is 4940. The first-order valence-corrected chi connectivity index (χ1v) is 45.5. The van der Waals surface area contributed by atoms with Crippen LogP contribution in [0.1, 0.15) is 166 Å². The number of primary amides is 1. The number of nitrogens with two attached hydrogens (primary N) is 4. The largest absolute Gasteiger partial charge is 0.497 e. The van der Waals surface area contributed by atoms with Crippen LogP contribution in [-0.4, -0.2) is 301 Å². The molecule has 0 bridgehead atoms. The number of aliphatic hydroxyl groups is 1. The van der Waals surface area contributed by atoms with Crippen LogP contribution in [0.15, 0.2) is 85.2 Å². The van der Waals surface area contributed by atoms with Crippen LogP contribution in [0, 0.1) is 5.92 Å². The summed E-state index contributed by atoms with van der Waals surface area (Å²) >= 11 is 0. The van der Waals surface area contributed by atoms with Crippen molar-refractivity contribution in [1.82, 2.24) is 81.9 Å². The lowest BCUT2D eigenvalue weighted by Gasteiger charge is -2.38. The fourth-order valence-corrected chi connectivity index (χ4v) is 17.6. The lowest BCUT2D eigenvalue weighted by molar-refractivity contribution is -0.149. The Morgan fingerprint density at radius 3 is 1.70 bits per heavy atom. The number of carbonyl (C=O) groups excluding carboxylic acids is 15. The molecule has 0 spiro atoms. The number of carbonyl (C=O) groups is 17. The summed E-state index contributed by atoms with van der Waals surface area (Å²) in [4.78, 5) is 257. The van der Waals surface area contributed by atoms with Gasteiger partial charge in [0.05, 0.1) is 25.7 Å². The van der Waals surface area contributed by atoms with Crippen molar-refractivity contribution in [2.24, 2.45) is 28.9 Å². The van der Waals surface area contributed by atoms with E-state index in [9.17, 15) is 58.5 Å². The van der Waals surface area contributed by atoms with Crippen LogP contribution < -0.4 is 75.5 Å². The first kappa shape index (κ1) is 103. The maximum absolute atomic E-state index is 15.9. The SMILES string of the molecule is CCCC[C@H]1C(=O)N(C)[C@@H](CCCC)C(=O)N[C@@H](CC(C)C)C(=O)NCCC[C@@H](N)C(=O)N[C@@H](Cc2ccc(OC)cc2)C(=O)N2CCCC[C@H]2C(=O)N[C@@H](CC(N)=O)C(=O)N2CCC[C@H]2C(=O)N[C@@H](CN)C(=O)N[C@@H](CCC(=O)O)C(=O)N2C[C@H](O)C[C@H]2C(=O)N[C@@H](Cc2c[nH]c3ccccc23)C(=O)N[C@@H](CCN)C(=O)N[C@@H](Cc2cn(CC(=O)O)c3ccccc23)C(=O)N1C. The number of para-hydroxylation sites is 2. The Hall–Kier alpha value is -12.6. The number of aromatic nitrogens is 2. The normalized spacial score (nSPS) is 25.6. The van der Waals surface area contributed by atoms with Gasteiger partial charge in [-0.05, 0) is 130 Å². The maximum atomic E-state index is 15.9. The quantitative estimate of drug-likeness (QED) is 0.0327. The average Bonchev–Trinajstić information content (AvgIpc) is 1.66. The molecule has 15 atom stereocenters. The number of unbranched alkanes of at least 4 members (excludes halogenated alkanes) is 2. The maximum Gasteiger partial charge on any atom is 0.323 e. The smallest absolute Gasteiger partial charge is 0.323 e. The third-order valence-electron chi connectivity index (χ3n) is 24.7. The predicted octanol–water partition coefficient (Wildman–Crippen LogP) is -1.18. The van der Waals surface area contributed by atoms with Gasteiger partial charge in [-0.25, -0.2) is 0 Å². The molecule has 0 radical (unpaired) electrons. The van der Waals surface area contributed by atoms with Crippen molar-refractivity contribution < 1.29 is 102 Å². The number of likely N-dealkylation sites (N-methyl/N-ethyl adjacent to an activating group) is 2. The van der Waals surface area contributed by atoms with E-state index in [2.05, 4.69) is 52.8 Å². The number of nitrogens with zero attached hydrogens (tertiary/aromatic N) is 6. The Morgan fingerprint density at radius 2 is 1.06 bits per heavy atom. The van der Waals surface area contributed by atoms with Crippen LogP contribution in [0.4, 0.5) is 0 Å². The van der Waals surface area contributed by atoms with Crippen LogP contribution in [0.25, 0.3) is 21.8 Å². The van der Waals surface area contributed by atoms with Crippen molar-refractivity contribution >= 4 is 122 Å². The monoisotopic (exact) mass is 1840 g/mol. The van der Waals surface area contributed by atoms with Gasteiger partial charge in [0.1, 0.15) is 90.8 Å². The van der Waals surface area contributed by atoms with Gasteiger partial charge >= 0.3 is 11.9 Å². The zero-order valence-electron chi connectivity index (χ0n) is 76.0. The van der Waals surface area contributed by atoms with Gasteiger partial charge in [0.25, 0.3) is 0 Å². The third kappa shape index (κ3) is 27.5. The average molecular weight is 1840 g/mol. The van der Waals surface area contributed by atoms with Crippen molar-refractivity contribution in [2.75, 3.05) is 60.5 Å². The second kappa shape index (κ2) is 49.0. The van der Waals surface area contributed by atoms with Crippen molar-refractivity contribution in [3.05, 3.63) is 102 Å². The van der Waals surface area contributed by atoms with Gasteiger partial charge < -0.3 is 125 Å². The van der Waals surface area contributed by atoms with Gasteiger partial charge in [-0.15, -0.1) is 0 Å². The minimum Gasteiger partial charge on any atom is -0.497 e. The first-order valence-electron chi connectivity index (χ1n) is 45.5. The number of piperidine rings is 1. The summed E-state index contributed by atoms with van der Waals surface area (Å²) in [7, 11) is 4.25.